The zero-order valence-corrected chi connectivity index (χ0v) is 11.9. The highest BCUT2D eigenvalue weighted by atomic mass is 79.9. The Morgan fingerprint density at radius 3 is 2.84 bits per heavy atom. The number of carboxylic acids is 1. The molecule has 0 unspecified atom stereocenters. The van der Waals surface area contributed by atoms with Gasteiger partial charge >= 0.3 is 11.7 Å². The fraction of sp³-hybridized carbons (Fsp3) is 0.250. The van der Waals surface area contributed by atoms with Crippen molar-refractivity contribution >= 4 is 21.9 Å². The van der Waals surface area contributed by atoms with Crippen LogP contribution >= 0.6 is 15.9 Å². The van der Waals surface area contributed by atoms with Crippen molar-refractivity contribution in [2.24, 2.45) is 0 Å². The van der Waals surface area contributed by atoms with Gasteiger partial charge in [0.25, 0.3) is 0 Å². The topological polar surface area (TPSA) is 85.3 Å². The second-order valence-corrected chi connectivity index (χ2v) is 4.82. The van der Waals surface area contributed by atoms with E-state index < -0.39 is 11.7 Å². The maximum atomic E-state index is 11.9. The molecule has 0 amide bonds. The number of hydrogen-bond acceptors (Lipinski definition) is 4. The summed E-state index contributed by atoms with van der Waals surface area (Å²) in [5.41, 5.74) is 0.871. The molecule has 2 rings (SSSR count). The van der Waals surface area contributed by atoms with Gasteiger partial charge in [-0.25, -0.2) is 9.59 Å². The Hall–Kier alpha value is -1.89. The molecular weight excluding hydrogens is 316 g/mol. The molecule has 0 aliphatic heterocycles. The zero-order chi connectivity index (χ0) is 14.2. The molecule has 19 heavy (non-hydrogen) atoms. The molecule has 0 bridgehead atoms. The van der Waals surface area contributed by atoms with Crippen LogP contribution in [0.3, 0.4) is 0 Å². The highest BCUT2D eigenvalue weighted by Crippen LogP contribution is 2.19. The number of carbonyl (C=O) groups is 1. The lowest BCUT2D eigenvalue weighted by Crippen LogP contribution is -2.27. The summed E-state index contributed by atoms with van der Waals surface area (Å²) in [7, 11) is 0. The van der Waals surface area contributed by atoms with Gasteiger partial charge in [0.1, 0.15) is 11.3 Å². The number of rotatable bonds is 3. The van der Waals surface area contributed by atoms with E-state index in [1.54, 1.807) is 13.8 Å². The second kappa shape index (κ2) is 5.00. The Balaban J connectivity index is 2.50. The van der Waals surface area contributed by atoms with E-state index in [1.807, 2.05) is 0 Å². The molecule has 2 aromatic heterocycles. The lowest BCUT2D eigenvalue weighted by Gasteiger charge is -2.11. The van der Waals surface area contributed by atoms with Crippen LogP contribution < -0.4 is 5.69 Å². The van der Waals surface area contributed by atoms with E-state index in [-0.39, 0.29) is 17.9 Å². The van der Waals surface area contributed by atoms with Gasteiger partial charge in [-0.15, -0.1) is 0 Å². The Bertz CT molecular complexity index is 702. The maximum Gasteiger partial charge on any atom is 0.348 e. The SMILES string of the molecule is Cc1nc(=O)n(Cc2occc2C(=O)O)c(C)c1Br. The number of hydrogen-bond donors (Lipinski definition) is 1. The quantitative estimate of drug-likeness (QED) is 0.931. The molecule has 0 saturated heterocycles. The molecule has 2 aromatic rings. The number of aromatic carboxylic acids is 1. The van der Waals surface area contributed by atoms with E-state index >= 15 is 0 Å². The molecule has 6 nitrogen and oxygen atoms in total. The van der Waals surface area contributed by atoms with Crippen molar-refractivity contribution in [3.63, 3.8) is 0 Å². The van der Waals surface area contributed by atoms with Crippen molar-refractivity contribution in [1.82, 2.24) is 9.55 Å². The summed E-state index contributed by atoms with van der Waals surface area (Å²) >= 11 is 3.35. The molecule has 0 fully saturated rings. The third kappa shape index (κ3) is 2.46. The highest BCUT2D eigenvalue weighted by Gasteiger charge is 2.16. The lowest BCUT2D eigenvalue weighted by molar-refractivity contribution is 0.0694. The molecule has 0 radical (unpaired) electrons. The minimum Gasteiger partial charge on any atom is -0.478 e. The van der Waals surface area contributed by atoms with Gasteiger partial charge in [0.05, 0.1) is 23.0 Å². The van der Waals surface area contributed by atoms with Crippen LogP contribution in [0.4, 0.5) is 0 Å². The number of carboxylic acid groups (broad SMARTS) is 1. The number of aromatic nitrogens is 2. The van der Waals surface area contributed by atoms with Crippen LogP contribution in [0.2, 0.25) is 0 Å². The van der Waals surface area contributed by atoms with Crippen molar-refractivity contribution in [3.8, 4) is 0 Å². The Kier molecular flexibility index (Phi) is 3.57. The fourth-order valence-electron chi connectivity index (χ4n) is 1.76. The molecule has 2 heterocycles. The van der Waals surface area contributed by atoms with Gasteiger partial charge in [-0.3, -0.25) is 4.57 Å². The van der Waals surface area contributed by atoms with Crippen molar-refractivity contribution in [2.45, 2.75) is 20.4 Å². The normalized spacial score (nSPS) is 10.7. The van der Waals surface area contributed by atoms with E-state index in [4.69, 9.17) is 9.52 Å². The van der Waals surface area contributed by atoms with Crippen LogP contribution in [-0.2, 0) is 6.54 Å². The monoisotopic (exact) mass is 326 g/mol. The second-order valence-electron chi connectivity index (χ2n) is 4.03. The average Bonchev–Trinajstić information content (AvgIpc) is 2.80. The Morgan fingerprint density at radius 2 is 2.21 bits per heavy atom. The van der Waals surface area contributed by atoms with Gasteiger partial charge < -0.3 is 9.52 Å². The Morgan fingerprint density at radius 1 is 1.53 bits per heavy atom. The molecule has 0 aliphatic carbocycles. The third-order valence-electron chi connectivity index (χ3n) is 2.81. The van der Waals surface area contributed by atoms with Gasteiger partial charge in [-0.2, -0.15) is 4.98 Å². The van der Waals surface area contributed by atoms with Crippen LogP contribution in [0.5, 0.6) is 0 Å². The van der Waals surface area contributed by atoms with Gasteiger partial charge in [0, 0.05) is 5.69 Å². The third-order valence-corrected chi connectivity index (χ3v) is 3.96. The van der Waals surface area contributed by atoms with Crippen LogP contribution in [0.25, 0.3) is 0 Å². The first-order chi connectivity index (χ1) is 8.91. The van der Waals surface area contributed by atoms with Crippen molar-refractivity contribution < 1.29 is 14.3 Å². The van der Waals surface area contributed by atoms with E-state index in [1.165, 1.54) is 16.9 Å². The summed E-state index contributed by atoms with van der Waals surface area (Å²) in [6.07, 6.45) is 1.29. The van der Waals surface area contributed by atoms with E-state index in [9.17, 15) is 9.59 Å². The predicted octanol–water partition coefficient (Wildman–Crippen LogP) is 1.96. The molecule has 0 spiro atoms. The number of furan rings is 1. The molecule has 0 aliphatic rings. The lowest BCUT2D eigenvalue weighted by atomic mass is 10.2. The highest BCUT2D eigenvalue weighted by molar-refractivity contribution is 9.10. The van der Waals surface area contributed by atoms with E-state index in [2.05, 4.69) is 20.9 Å². The summed E-state index contributed by atoms with van der Waals surface area (Å²) in [4.78, 5) is 26.7. The summed E-state index contributed by atoms with van der Waals surface area (Å²) in [6, 6.07) is 1.36. The molecule has 0 atom stereocenters. The number of aryl methyl sites for hydroxylation is 1. The molecule has 0 saturated carbocycles. The van der Waals surface area contributed by atoms with Crippen LogP contribution in [-0.4, -0.2) is 20.6 Å². The molecule has 7 heteroatoms. The van der Waals surface area contributed by atoms with Crippen LogP contribution in [0, 0.1) is 13.8 Å². The number of nitrogens with zero attached hydrogens (tertiary/aromatic N) is 2. The van der Waals surface area contributed by atoms with Crippen molar-refractivity contribution in [2.75, 3.05) is 0 Å². The number of halogens is 1. The van der Waals surface area contributed by atoms with Gasteiger partial charge in [-0.05, 0) is 35.8 Å². The predicted molar refractivity (Wildman–Crippen MR) is 70.4 cm³/mol. The minimum absolute atomic E-state index is 0.0329. The first kappa shape index (κ1) is 13.5. The molecular formula is C12H11BrN2O4. The van der Waals surface area contributed by atoms with Crippen LogP contribution in [0.1, 0.15) is 27.5 Å². The summed E-state index contributed by atoms with van der Waals surface area (Å²) in [6.45, 7) is 3.51. The fourth-order valence-corrected chi connectivity index (χ4v) is 2.06. The first-order valence-corrected chi connectivity index (χ1v) is 6.24. The average molecular weight is 327 g/mol. The summed E-state index contributed by atoms with van der Waals surface area (Å²) in [5.74, 6) is -0.871. The smallest absolute Gasteiger partial charge is 0.348 e. The van der Waals surface area contributed by atoms with Crippen LogP contribution in [0.15, 0.2) is 26.0 Å². The van der Waals surface area contributed by atoms with Gasteiger partial charge in [-0.1, -0.05) is 0 Å². The molecule has 1 N–H and O–H groups in total. The van der Waals surface area contributed by atoms with Gasteiger partial charge in [0.2, 0.25) is 0 Å². The summed E-state index contributed by atoms with van der Waals surface area (Å²) in [5, 5.41) is 9.00. The largest absolute Gasteiger partial charge is 0.478 e. The first-order valence-electron chi connectivity index (χ1n) is 5.45. The maximum absolute atomic E-state index is 11.9. The molecule has 100 valence electrons. The minimum atomic E-state index is -1.09. The van der Waals surface area contributed by atoms with Crippen molar-refractivity contribution in [3.05, 3.63) is 50.0 Å². The molecule has 0 aromatic carbocycles. The standard InChI is InChI=1S/C12H11BrN2O4/c1-6-10(13)7(2)15(12(18)14-6)5-9-8(11(16)17)3-4-19-9/h3-4H,5H2,1-2H3,(H,16,17). The van der Waals surface area contributed by atoms with Crippen molar-refractivity contribution in [1.29, 1.82) is 0 Å². The Labute approximate surface area is 116 Å². The summed E-state index contributed by atoms with van der Waals surface area (Å²) < 4.78 is 7.21. The van der Waals surface area contributed by atoms with E-state index in [0.717, 1.165) is 4.47 Å². The van der Waals surface area contributed by atoms with Gasteiger partial charge in [0.15, 0.2) is 0 Å². The zero-order valence-electron chi connectivity index (χ0n) is 10.3. The van der Waals surface area contributed by atoms with E-state index in [0.29, 0.717) is 11.4 Å².